The molecule has 1 N–H and O–H groups in total. The van der Waals surface area contributed by atoms with Crippen molar-refractivity contribution >= 4 is 0 Å². The van der Waals surface area contributed by atoms with E-state index in [9.17, 15) is 0 Å². The summed E-state index contributed by atoms with van der Waals surface area (Å²) < 4.78 is 5.71. The summed E-state index contributed by atoms with van der Waals surface area (Å²) in [6.07, 6.45) is 2.07. The van der Waals surface area contributed by atoms with E-state index >= 15 is 0 Å². The van der Waals surface area contributed by atoms with Crippen LogP contribution in [0.2, 0.25) is 0 Å². The normalized spacial score (nSPS) is 15.1. The van der Waals surface area contributed by atoms with Gasteiger partial charge in [0.1, 0.15) is 5.75 Å². The van der Waals surface area contributed by atoms with Crippen LogP contribution in [0, 0.1) is 0 Å². The van der Waals surface area contributed by atoms with Crippen molar-refractivity contribution in [3.05, 3.63) is 35.5 Å². The molecule has 0 aliphatic carbocycles. The zero-order valence-corrected chi connectivity index (χ0v) is 12.1. The van der Waals surface area contributed by atoms with E-state index < -0.39 is 0 Å². The first-order chi connectivity index (χ1) is 9.78. The molecule has 0 amide bonds. The van der Waals surface area contributed by atoms with Crippen molar-refractivity contribution in [3.63, 3.8) is 0 Å². The number of fused-ring (bicyclic) bond motifs is 1. The molecular weight excluding hydrogens is 250 g/mol. The largest absolute Gasteiger partial charge is 0.494 e. The van der Waals surface area contributed by atoms with E-state index in [0.29, 0.717) is 0 Å². The lowest BCUT2D eigenvalue weighted by Gasteiger charge is -2.22. The molecule has 0 fully saturated rings. The van der Waals surface area contributed by atoms with Crippen LogP contribution in [0.25, 0.3) is 11.3 Å². The van der Waals surface area contributed by atoms with Gasteiger partial charge in [-0.3, -0.25) is 5.10 Å². The average Bonchev–Trinajstić information content (AvgIpc) is 2.88. The number of hydrogen-bond donors (Lipinski definition) is 1. The molecule has 0 saturated heterocycles. The molecular formula is C16H21N3O. The first kappa shape index (κ1) is 13.2. The maximum Gasteiger partial charge on any atom is 0.119 e. The molecule has 2 heterocycles. The van der Waals surface area contributed by atoms with E-state index in [1.165, 1.54) is 11.3 Å². The zero-order chi connectivity index (χ0) is 13.9. The number of rotatable bonds is 4. The van der Waals surface area contributed by atoms with Crippen LogP contribution in [0.5, 0.6) is 5.75 Å². The van der Waals surface area contributed by atoms with E-state index in [1.54, 1.807) is 0 Å². The number of nitrogens with zero attached hydrogens (tertiary/aromatic N) is 2. The van der Waals surface area contributed by atoms with Crippen LogP contribution in [0.15, 0.2) is 24.3 Å². The average molecular weight is 271 g/mol. The van der Waals surface area contributed by atoms with E-state index in [1.807, 2.05) is 12.1 Å². The second-order valence-electron chi connectivity index (χ2n) is 5.39. The van der Waals surface area contributed by atoms with Gasteiger partial charge in [0.05, 0.1) is 12.3 Å². The highest BCUT2D eigenvalue weighted by Crippen LogP contribution is 2.29. The summed E-state index contributed by atoms with van der Waals surface area (Å²) in [4.78, 5) is 2.33. The summed E-state index contributed by atoms with van der Waals surface area (Å²) in [7, 11) is 2.15. The fraction of sp³-hybridized carbons (Fsp3) is 0.438. The Labute approximate surface area is 119 Å². The molecule has 0 spiro atoms. The van der Waals surface area contributed by atoms with Crippen LogP contribution in [-0.4, -0.2) is 35.3 Å². The third-order valence-corrected chi connectivity index (χ3v) is 3.70. The van der Waals surface area contributed by atoms with Gasteiger partial charge in [0, 0.05) is 36.3 Å². The summed E-state index contributed by atoms with van der Waals surface area (Å²) in [5, 5.41) is 7.71. The van der Waals surface area contributed by atoms with Crippen molar-refractivity contribution in [1.29, 1.82) is 0 Å². The van der Waals surface area contributed by atoms with Crippen molar-refractivity contribution in [2.75, 3.05) is 20.2 Å². The smallest absolute Gasteiger partial charge is 0.119 e. The molecule has 4 nitrogen and oxygen atoms in total. The Morgan fingerprint density at radius 1 is 1.40 bits per heavy atom. The molecule has 20 heavy (non-hydrogen) atoms. The molecule has 4 heteroatoms. The lowest BCUT2D eigenvalue weighted by molar-refractivity contribution is 0.312. The number of hydrogen-bond acceptors (Lipinski definition) is 3. The first-order valence-corrected chi connectivity index (χ1v) is 7.26. The van der Waals surface area contributed by atoms with Crippen molar-refractivity contribution in [2.24, 2.45) is 0 Å². The molecule has 106 valence electrons. The van der Waals surface area contributed by atoms with Gasteiger partial charge in [-0.05, 0) is 25.6 Å². The lowest BCUT2D eigenvalue weighted by Crippen LogP contribution is -2.26. The molecule has 0 radical (unpaired) electrons. The Morgan fingerprint density at radius 2 is 2.30 bits per heavy atom. The third-order valence-electron chi connectivity index (χ3n) is 3.70. The Kier molecular flexibility index (Phi) is 3.74. The molecule has 0 atom stereocenters. The minimum absolute atomic E-state index is 0.755. The van der Waals surface area contributed by atoms with Gasteiger partial charge >= 0.3 is 0 Å². The molecule has 0 saturated carbocycles. The van der Waals surface area contributed by atoms with Crippen molar-refractivity contribution in [2.45, 2.75) is 26.3 Å². The van der Waals surface area contributed by atoms with Crippen LogP contribution in [0.4, 0.5) is 0 Å². The SMILES string of the molecule is CCCOc1cccc(-c2n[nH]c3c2CN(C)CC3)c1. The Morgan fingerprint density at radius 3 is 3.15 bits per heavy atom. The second kappa shape index (κ2) is 5.67. The number of aromatic amines is 1. The fourth-order valence-electron chi connectivity index (χ4n) is 2.62. The van der Waals surface area contributed by atoms with Gasteiger partial charge in [-0.25, -0.2) is 0 Å². The molecule has 1 aromatic heterocycles. The Bertz CT molecular complexity index is 591. The van der Waals surface area contributed by atoms with Gasteiger partial charge in [-0.2, -0.15) is 5.10 Å². The molecule has 3 rings (SSSR count). The first-order valence-electron chi connectivity index (χ1n) is 7.26. The van der Waals surface area contributed by atoms with E-state index in [-0.39, 0.29) is 0 Å². The lowest BCUT2D eigenvalue weighted by atomic mass is 10.0. The van der Waals surface area contributed by atoms with Gasteiger partial charge in [-0.1, -0.05) is 19.1 Å². The predicted octanol–water partition coefficient (Wildman–Crippen LogP) is 2.85. The van der Waals surface area contributed by atoms with Crippen LogP contribution >= 0.6 is 0 Å². The second-order valence-corrected chi connectivity index (χ2v) is 5.39. The number of benzene rings is 1. The maximum atomic E-state index is 5.71. The van der Waals surface area contributed by atoms with Crippen LogP contribution in [0.1, 0.15) is 24.6 Å². The number of nitrogens with one attached hydrogen (secondary N) is 1. The van der Waals surface area contributed by atoms with Gasteiger partial charge in [0.15, 0.2) is 0 Å². The van der Waals surface area contributed by atoms with Crippen LogP contribution < -0.4 is 4.74 Å². The summed E-state index contributed by atoms with van der Waals surface area (Å²) in [5.41, 5.74) is 4.80. The van der Waals surface area contributed by atoms with Gasteiger partial charge < -0.3 is 9.64 Å². The number of likely N-dealkylation sites (N-methyl/N-ethyl adjacent to an activating group) is 1. The molecule has 2 aromatic rings. The summed E-state index contributed by atoms with van der Waals surface area (Å²) >= 11 is 0. The number of aromatic nitrogens is 2. The zero-order valence-electron chi connectivity index (χ0n) is 12.1. The van der Waals surface area contributed by atoms with E-state index in [0.717, 1.165) is 49.5 Å². The van der Waals surface area contributed by atoms with Crippen LogP contribution in [0.3, 0.4) is 0 Å². The summed E-state index contributed by atoms with van der Waals surface area (Å²) in [6.45, 7) is 4.92. The predicted molar refractivity (Wildman–Crippen MR) is 79.8 cm³/mol. The fourth-order valence-corrected chi connectivity index (χ4v) is 2.62. The Hall–Kier alpha value is -1.81. The highest BCUT2D eigenvalue weighted by atomic mass is 16.5. The quantitative estimate of drug-likeness (QED) is 0.929. The highest BCUT2D eigenvalue weighted by molar-refractivity contribution is 5.65. The van der Waals surface area contributed by atoms with Gasteiger partial charge in [-0.15, -0.1) is 0 Å². The standard InChI is InChI=1S/C16H21N3O/c1-3-9-20-13-6-4-5-12(10-13)16-14-11-19(2)8-7-15(14)17-18-16/h4-6,10H,3,7-9,11H2,1-2H3,(H,17,18). The molecule has 1 aromatic carbocycles. The van der Waals surface area contributed by atoms with Gasteiger partial charge in [0.25, 0.3) is 0 Å². The van der Waals surface area contributed by atoms with Crippen molar-refractivity contribution in [3.8, 4) is 17.0 Å². The number of H-pyrrole nitrogens is 1. The maximum absolute atomic E-state index is 5.71. The van der Waals surface area contributed by atoms with E-state index in [2.05, 4.69) is 41.2 Å². The monoisotopic (exact) mass is 271 g/mol. The van der Waals surface area contributed by atoms with Crippen molar-refractivity contribution < 1.29 is 4.74 Å². The molecule has 0 unspecified atom stereocenters. The Balaban J connectivity index is 1.91. The topological polar surface area (TPSA) is 41.1 Å². The van der Waals surface area contributed by atoms with E-state index in [4.69, 9.17) is 4.74 Å². The minimum Gasteiger partial charge on any atom is -0.494 e. The number of ether oxygens (including phenoxy) is 1. The summed E-state index contributed by atoms with van der Waals surface area (Å²) in [5.74, 6) is 0.922. The highest BCUT2D eigenvalue weighted by Gasteiger charge is 2.20. The summed E-state index contributed by atoms with van der Waals surface area (Å²) in [6, 6.07) is 8.23. The van der Waals surface area contributed by atoms with Gasteiger partial charge in [0.2, 0.25) is 0 Å². The van der Waals surface area contributed by atoms with Crippen molar-refractivity contribution in [1.82, 2.24) is 15.1 Å². The third kappa shape index (κ3) is 2.56. The molecule has 1 aliphatic rings. The molecule has 0 bridgehead atoms. The van der Waals surface area contributed by atoms with Crippen LogP contribution in [-0.2, 0) is 13.0 Å². The minimum atomic E-state index is 0.755. The molecule has 1 aliphatic heterocycles.